The highest BCUT2D eigenvalue weighted by Crippen LogP contribution is 2.13. The fourth-order valence-corrected chi connectivity index (χ4v) is 1.27. The fraction of sp³-hybridized carbons (Fsp3) is 0.182. The fourth-order valence-electron chi connectivity index (χ4n) is 1.27. The summed E-state index contributed by atoms with van der Waals surface area (Å²) in [5, 5.41) is 6.51. The van der Waals surface area contributed by atoms with Gasteiger partial charge in [-0.25, -0.2) is 9.78 Å². The first kappa shape index (κ1) is 10.4. The van der Waals surface area contributed by atoms with Gasteiger partial charge in [0.05, 0.1) is 6.61 Å². The molecule has 2 aromatic rings. The number of benzene rings is 1. The number of carbonyl (C=O) groups excluding carboxylic acids is 1. The van der Waals surface area contributed by atoms with Gasteiger partial charge >= 0.3 is 5.97 Å². The van der Waals surface area contributed by atoms with Crippen molar-refractivity contribution in [2.45, 2.75) is 6.92 Å². The maximum absolute atomic E-state index is 11.3. The molecule has 0 aliphatic rings. The predicted octanol–water partition coefficient (Wildman–Crippen LogP) is 1.65. The molecule has 5 heteroatoms. The highest BCUT2D eigenvalue weighted by molar-refractivity contribution is 5.85. The molecule has 0 aliphatic heterocycles. The van der Waals surface area contributed by atoms with Crippen molar-refractivity contribution in [3.8, 4) is 11.4 Å². The zero-order valence-electron chi connectivity index (χ0n) is 8.80. The zero-order valence-corrected chi connectivity index (χ0v) is 8.80. The molecular weight excluding hydrogens is 206 g/mol. The van der Waals surface area contributed by atoms with Gasteiger partial charge in [-0.05, 0) is 6.92 Å². The van der Waals surface area contributed by atoms with Crippen molar-refractivity contribution < 1.29 is 9.53 Å². The monoisotopic (exact) mass is 217 g/mol. The van der Waals surface area contributed by atoms with Gasteiger partial charge in [-0.3, -0.25) is 5.10 Å². The van der Waals surface area contributed by atoms with E-state index in [1.165, 1.54) is 0 Å². The average molecular weight is 217 g/mol. The first-order chi connectivity index (χ1) is 7.81. The number of aromatic nitrogens is 3. The average Bonchev–Trinajstić information content (AvgIpc) is 2.80. The summed E-state index contributed by atoms with van der Waals surface area (Å²) in [6, 6.07) is 9.42. The second-order valence-corrected chi connectivity index (χ2v) is 3.09. The standard InChI is InChI=1S/C11H11N3O2/c1-2-16-11(15)10-12-9(13-14-10)8-6-4-3-5-7-8/h3-7H,2H2,1H3,(H,12,13,14). The molecule has 1 heterocycles. The number of esters is 1. The number of rotatable bonds is 3. The van der Waals surface area contributed by atoms with Crippen molar-refractivity contribution in [3.63, 3.8) is 0 Å². The quantitative estimate of drug-likeness (QED) is 0.794. The van der Waals surface area contributed by atoms with E-state index in [0.29, 0.717) is 12.4 Å². The molecule has 0 spiro atoms. The maximum Gasteiger partial charge on any atom is 0.375 e. The first-order valence-electron chi connectivity index (χ1n) is 4.96. The molecule has 0 aliphatic carbocycles. The van der Waals surface area contributed by atoms with Crippen LogP contribution in [0.5, 0.6) is 0 Å². The molecule has 16 heavy (non-hydrogen) atoms. The Hall–Kier alpha value is -2.17. The lowest BCUT2D eigenvalue weighted by molar-refractivity contribution is 0.0512. The Labute approximate surface area is 92.5 Å². The van der Waals surface area contributed by atoms with Crippen LogP contribution in [0.4, 0.5) is 0 Å². The molecule has 0 atom stereocenters. The van der Waals surface area contributed by atoms with Crippen molar-refractivity contribution in [2.24, 2.45) is 0 Å². The SMILES string of the molecule is CCOC(=O)c1nc(-c2ccccc2)n[nH]1. The van der Waals surface area contributed by atoms with Gasteiger partial charge in [0, 0.05) is 5.56 Å². The van der Waals surface area contributed by atoms with Crippen LogP contribution in [-0.2, 0) is 4.74 Å². The molecular formula is C11H11N3O2. The van der Waals surface area contributed by atoms with Crippen LogP contribution in [0.25, 0.3) is 11.4 Å². The number of nitrogens with zero attached hydrogens (tertiary/aromatic N) is 2. The minimum absolute atomic E-state index is 0.126. The van der Waals surface area contributed by atoms with Crippen molar-refractivity contribution in [3.05, 3.63) is 36.2 Å². The van der Waals surface area contributed by atoms with Gasteiger partial charge in [0.1, 0.15) is 0 Å². The minimum atomic E-state index is -0.489. The molecule has 0 amide bonds. The molecule has 1 N–H and O–H groups in total. The molecule has 2 rings (SSSR count). The molecule has 1 aromatic heterocycles. The topological polar surface area (TPSA) is 67.9 Å². The van der Waals surface area contributed by atoms with Crippen molar-refractivity contribution >= 4 is 5.97 Å². The second-order valence-electron chi connectivity index (χ2n) is 3.09. The summed E-state index contributed by atoms with van der Waals surface area (Å²) in [6.07, 6.45) is 0. The van der Waals surface area contributed by atoms with Crippen molar-refractivity contribution in [1.82, 2.24) is 15.2 Å². The number of H-pyrrole nitrogens is 1. The van der Waals surface area contributed by atoms with Crippen molar-refractivity contribution in [2.75, 3.05) is 6.61 Å². The highest BCUT2D eigenvalue weighted by atomic mass is 16.5. The maximum atomic E-state index is 11.3. The van der Waals surface area contributed by atoms with E-state index in [9.17, 15) is 4.79 Å². The first-order valence-corrected chi connectivity index (χ1v) is 4.96. The Morgan fingerprint density at radius 2 is 2.12 bits per heavy atom. The molecule has 0 unspecified atom stereocenters. The summed E-state index contributed by atoms with van der Waals surface area (Å²) in [5.41, 5.74) is 0.856. The summed E-state index contributed by atoms with van der Waals surface area (Å²) in [6.45, 7) is 2.06. The Balaban J connectivity index is 2.23. The van der Waals surface area contributed by atoms with Gasteiger partial charge in [0.2, 0.25) is 5.82 Å². The normalized spacial score (nSPS) is 10.1. The van der Waals surface area contributed by atoms with Gasteiger partial charge in [0.15, 0.2) is 5.82 Å². The number of carbonyl (C=O) groups is 1. The molecule has 0 saturated carbocycles. The molecule has 82 valence electrons. The molecule has 0 bridgehead atoms. The van der Waals surface area contributed by atoms with Crippen LogP contribution >= 0.6 is 0 Å². The van der Waals surface area contributed by atoms with E-state index in [0.717, 1.165) is 5.56 Å². The van der Waals surface area contributed by atoms with Crippen molar-refractivity contribution in [1.29, 1.82) is 0 Å². The van der Waals surface area contributed by atoms with E-state index in [2.05, 4.69) is 15.2 Å². The van der Waals surface area contributed by atoms with Crippen LogP contribution in [0.3, 0.4) is 0 Å². The smallest absolute Gasteiger partial charge is 0.375 e. The Morgan fingerprint density at radius 3 is 2.81 bits per heavy atom. The van der Waals surface area contributed by atoms with Crippen LogP contribution in [-0.4, -0.2) is 27.8 Å². The Kier molecular flexibility index (Phi) is 2.95. The highest BCUT2D eigenvalue weighted by Gasteiger charge is 2.13. The van der Waals surface area contributed by atoms with E-state index >= 15 is 0 Å². The molecule has 0 radical (unpaired) electrons. The third kappa shape index (κ3) is 2.08. The number of hydrogen-bond donors (Lipinski definition) is 1. The molecule has 0 saturated heterocycles. The summed E-state index contributed by atoms with van der Waals surface area (Å²) in [5.74, 6) is 0.126. The number of nitrogens with one attached hydrogen (secondary N) is 1. The second kappa shape index (κ2) is 4.57. The van der Waals surface area contributed by atoms with Gasteiger partial charge in [0.25, 0.3) is 0 Å². The molecule has 5 nitrogen and oxygen atoms in total. The van der Waals surface area contributed by atoms with E-state index in [4.69, 9.17) is 4.74 Å². The Morgan fingerprint density at radius 1 is 1.38 bits per heavy atom. The van der Waals surface area contributed by atoms with E-state index < -0.39 is 5.97 Å². The number of hydrogen-bond acceptors (Lipinski definition) is 4. The number of ether oxygens (including phenoxy) is 1. The molecule has 0 fully saturated rings. The summed E-state index contributed by atoms with van der Waals surface area (Å²) in [7, 11) is 0. The minimum Gasteiger partial charge on any atom is -0.460 e. The van der Waals surface area contributed by atoms with Gasteiger partial charge < -0.3 is 4.74 Å². The van der Waals surface area contributed by atoms with Gasteiger partial charge in [-0.15, -0.1) is 0 Å². The van der Waals surface area contributed by atoms with E-state index in [1.54, 1.807) is 6.92 Å². The third-order valence-corrected chi connectivity index (χ3v) is 1.99. The van der Waals surface area contributed by atoms with Crippen LogP contribution in [0.1, 0.15) is 17.5 Å². The predicted molar refractivity (Wildman–Crippen MR) is 57.8 cm³/mol. The van der Waals surface area contributed by atoms with Crippen LogP contribution in [0.15, 0.2) is 30.3 Å². The lowest BCUT2D eigenvalue weighted by Gasteiger charge is -1.95. The largest absolute Gasteiger partial charge is 0.460 e. The van der Waals surface area contributed by atoms with Gasteiger partial charge in [-0.2, -0.15) is 5.10 Å². The molecule has 1 aromatic carbocycles. The van der Waals surface area contributed by atoms with E-state index in [1.807, 2.05) is 30.3 Å². The summed E-state index contributed by atoms with van der Waals surface area (Å²) in [4.78, 5) is 15.4. The Bertz CT molecular complexity index is 479. The number of aromatic amines is 1. The lowest BCUT2D eigenvalue weighted by atomic mass is 10.2. The third-order valence-electron chi connectivity index (χ3n) is 1.99. The van der Waals surface area contributed by atoms with E-state index in [-0.39, 0.29) is 5.82 Å². The van der Waals surface area contributed by atoms with Crippen LogP contribution < -0.4 is 0 Å². The van der Waals surface area contributed by atoms with Crippen LogP contribution in [0, 0.1) is 0 Å². The zero-order chi connectivity index (χ0) is 11.4. The van der Waals surface area contributed by atoms with Gasteiger partial charge in [-0.1, -0.05) is 30.3 Å². The summed E-state index contributed by atoms with van der Waals surface area (Å²) >= 11 is 0. The van der Waals surface area contributed by atoms with Crippen LogP contribution in [0.2, 0.25) is 0 Å². The summed E-state index contributed by atoms with van der Waals surface area (Å²) < 4.78 is 4.80. The lowest BCUT2D eigenvalue weighted by Crippen LogP contribution is -2.06.